The van der Waals surface area contributed by atoms with Gasteiger partial charge in [0.15, 0.2) is 5.65 Å². The van der Waals surface area contributed by atoms with Crippen molar-refractivity contribution in [2.24, 2.45) is 0 Å². The third-order valence-corrected chi connectivity index (χ3v) is 4.76. The van der Waals surface area contributed by atoms with Gasteiger partial charge in [-0.1, -0.05) is 48.0 Å². The van der Waals surface area contributed by atoms with Gasteiger partial charge < -0.3 is 0 Å². The van der Waals surface area contributed by atoms with Crippen LogP contribution < -0.4 is 0 Å². The van der Waals surface area contributed by atoms with Crippen molar-refractivity contribution >= 4 is 11.0 Å². The van der Waals surface area contributed by atoms with E-state index in [1.165, 1.54) is 22.3 Å². The molecule has 0 aliphatic heterocycles. The van der Waals surface area contributed by atoms with Gasteiger partial charge in [-0.25, -0.2) is 9.67 Å². The van der Waals surface area contributed by atoms with Crippen molar-refractivity contribution in [3.63, 3.8) is 0 Å². The minimum Gasteiger partial charge on any atom is -0.233 e. The molecule has 2 aromatic carbocycles. The zero-order chi connectivity index (χ0) is 17.6. The summed E-state index contributed by atoms with van der Waals surface area (Å²) in [4.78, 5) is 4.93. The van der Waals surface area contributed by atoms with Crippen molar-refractivity contribution in [1.82, 2.24) is 14.8 Å². The summed E-state index contributed by atoms with van der Waals surface area (Å²) in [7, 11) is 0. The zero-order valence-corrected chi connectivity index (χ0v) is 15.0. The second kappa shape index (κ2) is 5.85. The first kappa shape index (κ1) is 15.6. The molecule has 0 saturated heterocycles. The summed E-state index contributed by atoms with van der Waals surface area (Å²) < 4.78 is 1.95. The predicted molar refractivity (Wildman–Crippen MR) is 103 cm³/mol. The molecule has 0 aliphatic carbocycles. The monoisotopic (exact) mass is 327 g/mol. The maximum Gasteiger partial charge on any atom is 0.163 e. The van der Waals surface area contributed by atoms with E-state index in [2.05, 4.69) is 64.1 Å². The topological polar surface area (TPSA) is 30.7 Å². The summed E-state index contributed by atoms with van der Waals surface area (Å²) in [5.41, 5.74) is 8.94. The van der Waals surface area contributed by atoms with Gasteiger partial charge in [-0.3, -0.25) is 0 Å². The Hall–Kier alpha value is -2.94. The van der Waals surface area contributed by atoms with E-state index in [4.69, 9.17) is 10.1 Å². The highest BCUT2D eigenvalue weighted by molar-refractivity contribution is 5.90. The summed E-state index contributed by atoms with van der Waals surface area (Å²) in [5, 5.41) is 5.91. The van der Waals surface area contributed by atoms with E-state index >= 15 is 0 Å². The molecule has 0 bridgehead atoms. The number of rotatable bonds is 2. The van der Waals surface area contributed by atoms with Crippen LogP contribution >= 0.6 is 0 Å². The Balaban J connectivity index is 2.01. The molecule has 3 heteroatoms. The zero-order valence-electron chi connectivity index (χ0n) is 15.0. The molecule has 0 atom stereocenters. The molecule has 0 saturated carbocycles. The van der Waals surface area contributed by atoms with Gasteiger partial charge in [0.25, 0.3) is 0 Å². The molecule has 0 fully saturated rings. The van der Waals surface area contributed by atoms with Crippen LogP contribution in [0.3, 0.4) is 0 Å². The highest BCUT2D eigenvalue weighted by Gasteiger charge is 2.18. The van der Waals surface area contributed by atoms with Crippen molar-refractivity contribution in [3.8, 4) is 16.8 Å². The summed E-state index contributed by atoms with van der Waals surface area (Å²) in [6, 6.07) is 18.8. The Kier molecular flexibility index (Phi) is 3.65. The van der Waals surface area contributed by atoms with Crippen LogP contribution in [0.25, 0.3) is 27.8 Å². The first-order valence-electron chi connectivity index (χ1n) is 8.55. The van der Waals surface area contributed by atoms with Crippen molar-refractivity contribution in [2.75, 3.05) is 0 Å². The third kappa shape index (κ3) is 2.52. The Labute approximate surface area is 148 Å². The summed E-state index contributed by atoms with van der Waals surface area (Å²) in [6.07, 6.45) is 0. The fourth-order valence-electron chi connectivity index (χ4n) is 3.56. The van der Waals surface area contributed by atoms with Crippen molar-refractivity contribution < 1.29 is 0 Å². The van der Waals surface area contributed by atoms with Crippen LogP contribution in [0, 0.1) is 27.7 Å². The minimum absolute atomic E-state index is 0.926. The number of hydrogen-bond donors (Lipinski definition) is 0. The molecule has 0 unspecified atom stereocenters. The maximum atomic E-state index is 4.93. The second-order valence-corrected chi connectivity index (χ2v) is 6.59. The van der Waals surface area contributed by atoms with Crippen molar-refractivity contribution in [2.45, 2.75) is 27.7 Å². The Morgan fingerprint density at radius 2 is 1.44 bits per heavy atom. The molecule has 124 valence electrons. The van der Waals surface area contributed by atoms with Gasteiger partial charge in [0.05, 0.1) is 11.4 Å². The molecule has 0 N–H and O–H groups in total. The normalized spacial score (nSPS) is 11.2. The van der Waals surface area contributed by atoms with Gasteiger partial charge in [-0.05, 0) is 51.0 Å². The number of benzene rings is 2. The van der Waals surface area contributed by atoms with Gasteiger partial charge in [0, 0.05) is 16.6 Å². The quantitative estimate of drug-likeness (QED) is 0.499. The lowest BCUT2D eigenvalue weighted by Gasteiger charge is -2.12. The van der Waals surface area contributed by atoms with E-state index < -0.39 is 0 Å². The molecule has 3 nitrogen and oxygen atoms in total. The molecule has 4 rings (SSSR count). The molecule has 2 aromatic heterocycles. The van der Waals surface area contributed by atoms with Gasteiger partial charge >= 0.3 is 0 Å². The van der Waals surface area contributed by atoms with Gasteiger partial charge in [-0.2, -0.15) is 5.10 Å². The van der Waals surface area contributed by atoms with Crippen molar-refractivity contribution in [3.05, 3.63) is 77.1 Å². The fourth-order valence-corrected chi connectivity index (χ4v) is 3.56. The molecule has 0 spiro atoms. The summed E-state index contributed by atoms with van der Waals surface area (Å²) >= 11 is 0. The van der Waals surface area contributed by atoms with Crippen LogP contribution in [0.5, 0.6) is 0 Å². The lowest BCUT2D eigenvalue weighted by Crippen LogP contribution is -2.00. The summed E-state index contributed by atoms with van der Waals surface area (Å²) in [6.45, 7) is 8.43. The predicted octanol–water partition coefficient (Wildman–Crippen LogP) is 5.32. The van der Waals surface area contributed by atoms with Gasteiger partial charge in [0.1, 0.15) is 0 Å². The standard InChI is InChI=1S/C22H21N3/c1-14-10-12-18(13-11-14)20-15(2)21-17(4)24-25(22(21)23-16(20)3)19-8-6-5-7-9-19/h5-13H,1-4H3. The first-order chi connectivity index (χ1) is 12.1. The minimum atomic E-state index is 0.926. The lowest BCUT2D eigenvalue weighted by molar-refractivity contribution is 0.875. The number of pyridine rings is 1. The highest BCUT2D eigenvalue weighted by atomic mass is 15.3. The van der Waals surface area contributed by atoms with E-state index in [-0.39, 0.29) is 0 Å². The van der Waals surface area contributed by atoms with Crippen LogP contribution in [-0.4, -0.2) is 14.8 Å². The molecule has 2 heterocycles. The van der Waals surface area contributed by atoms with Crippen molar-refractivity contribution in [1.29, 1.82) is 0 Å². The number of para-hydroxylation sites is 1. The largest absolute Gasteiger partial charge is 0.233 e. The number of aromatic nitrogens is 3. The fraction of sp³-hybridized carbons (Fsp3) is 0.182. The van der Waals surface area contributed by atoms with E-state index in [1.807, 2.05) is 22.9 Å². The Morgan fingerprint density at radius 3 is 2.12 bits per heavy atom. The summed E-state index contributed by atoms with van der Waals surface area (Å²) in [5.74, 6) is 0. The van der Waals surface area contributed by atoms with E-state index in [1.54, 1.807) is 0 Å². The molecule has 0 amide bonds. The van der Waals surface area contributed by atoms with Crippen LogP contribution in [0.1, 0.15) is 22.5 Å². The lowest BCUT2D eigenvalue weighted by atomic mass is 9.96. The smallest absolute Gasteiger partial charge is 0.163 e. The van der Waals surface area contributed by atoms with E-state index in [0.717, 1.165) is 28.1 Å². The highest BCUT2D eigenvalue weighted by Crippen LogP contribution is 2.33. The van der Waals surface area contributed by atoms with E-state index in [0.29, 0.717) is 0 Å². The average molecular weight is 327 g/mol. The van der Waals surface area contributed by atoms with E-state index in [9.17, 15) is 0 Å². The molecule has 0 aliphatic rings. The second-order valence-electron chi connectivity index (χ2n) is 6.59. The first-order valence-corrected chi connectivity index (χ1v) is 8.55. The number of hydrogen-bond acceptors (Lipinski definition) is 2. The average Bonchev–Trinajstić information content (AvgIpc) is 2.94. The van der Waals surface area contributed by atoms with Crippen LogP contribution in [-0.2, 0) is 0 Å². The number of fused-ring (bicyclic) bond motifs is 1. The number of nitrogens with zero attached hydrogens (tertiary/aromatic N) is 3. The molecular weight excluding hydrogens is 306 g/mol. The van der Waals surface area contributed by atoms with Crippen LogP contribution in [0.15, 0.2) is 54.6 Å². The Bertz CT molecular complexity index is 1060. The Morgan fingerprint density at radius 1 is 0.760 bits per heavy atom. The SMILES string of the molecule is Cc1ccc(-c2c(C)nc3c(c(C)nn3-c3ccccc3)c2C)cc1. The number of aryl methyl sites for hydroxylation is 4. The molecule has 0 radical (unpaired) electrons. The van der Waals surface area contributed by atoms with Gasteiger partial charge in [0.2, 0.25) is 0 Å². The van der Waals surface area contributed by atoms with Gasteiger partial charge in [-0.15, -0.1) is 0 Å². The maximum absolute atomic E-state index is 4.93. The molecular formula is C22H21N3. The van der Waals surface area contributed by atoms with Crippen LogP contribution in [0.2, 0.25) is 0 Å². The third-order valence-electron chi connectivity index (χ3n) is 4.76. The van der Waals surface area contributed by atoms with Crippen LogP contribution in [0.4, 0.5) is 0 Å². The molecule has 4 aromatic rings. The molecule has 25 heavy (non-hydrogen) atoms.